The lowest BCUT2D eigenvalue weighted by atomic mass is 10.0. The molecule has 134 valence electrons. The van der Waals surface area contributed by atoms with Crippen LogP contribution in [0.4, 0.5) is 11.9 Å². The number of nitrogens with one attached hydrogen (secondary N) is 1. The fourth-order valence-electron chi connectivity index (χ4n) is 2.44. The quantitative estimate of drug-likeness (QED) is 0.671. The van der Waals surface area contributed by atoms with E-state index in [1.54, 1.807) is 4.68 Å². The molecular formula is C16H28N6OS. The maximum Gasteiger partial charge on any atom is 0.241 e. The van der Waals surface area contributed by atoms with E-state index < -0.39 is 0 Å². The Labute approximate surface area is 148 Å². The number of nitrogens with zero attached hydrogens (tertiary/aromatic N) is 4. The smallest absolute Gasteiger partial charge is 0.241 e. The number of aryl methyl sites for hydroxylation is 1. The lowest BCUT2D eigenvalue weighted by Gasteiger charge is -2.10. The van der Waals surface area contributed by atoms with Crippen molar-refractivity contribution in [2.24, 2.45) is 7.05 Å². The van der Waals surface area contributed by atoms with Crippen LogP contribution >= 0.6 is 11.8 Å². The van der Waals surface area contributed by atoms with Crippen LogP contribution < -0.4 is 11.1 Å². The minimum absolute atomic E-state index is 0.290. The van der Waals surface area contributed by atoms with Crippen LogP contribution in [-0.4, -0.2) is 46.1 Å². The van der Waals surface area contributed by atoms with Gasteiger partial charge in [-0.2, -0.15) is 16.7 Å². The first-order valence-electron chi connectivity index (χ1n) is 8.11. The molecule has 0 amide bonds. The van der Waals surface area contributed by atoms with Gasteiger partial charge in [-0.1, -0.05) is 13.8 Å². The van der Waals surface area contributed by atoms with Crippen LogP contribution in [0, 0.1) is 0 Å². The molecule has 2 rings (SSSR count). The molecule has 0 saturated carbocycles. The predicted molar refractivity (Wildman–Crippen MR) is 100 cm³/mol. The highest BCUT2D eigenvalue weighted by Crippen LogP contribution is 2.26. The summed E-state index contributed by atoms with van der Waals surface area (Å²) in [6, 6.07) is 2.20. The van der Waals surface area contributed by atoms with Gasteiger partial charge in [0.2, 0.25) is 11.9 Å². The first-order valence-corrected chi connectivity index (χ1v) is 9.26. The van der Waals surface area contributed by atoms with Crippen molar-refractivity contribution in [3.05, 3.63) is 23.2 Å². The van der Waals surface area contributed by atoms with E-state index in [2.05, 4.69) is 54.3 Å². The Kier molecular flexibility index (Phi) is 6.56. The van der Waals surface area contributed by atoms with Crippen molar-refractivity contribution in [2.75, 3.05) is 37.4 Å². The fraction of sp³-hybridized carbons (Fsp3) is 0.625. The average Bonchev–Trinajstić information content (AvgIpc) is 3.01. The second-order valence-electron chi connectivity index (χ2n) is 6.38. The van der Waals surface area contributed by atoms with E-state index >= 15 is 0 Å². The van der Waals surface area contributed by atoms with Crippen molar-refractivity contribution in [1.82, 2.24) is 19.7 Å². The Morgan fingerprint density at radius 2 is 2.17 bits per heavy atom. The molecule has 24 heavy (non-hydrogen) atoms. The molecule has 0 spiro atoms. The Bertz CT molecular complexity index is 649. The third-order valence-corrected chi connectivity index (χ3v) is 4.51. The normalized spacial score (nSPS) is 11.6. The molecule has 7 nitrogen and oxygen atoms in total. The molecule has 2 aromatic rings. The summed E-state index contributed by atoms with van der Waals surface area (Å²) in [5.41, 5.74) is 6.87. The van der Waals surface area contributed by atoms with Gasteiger partial charge in [0, 0.05) is 19.3 Å². The van der Waals surface area contributed by atoms with E-state index in [9.17, 15) is 0 Å². The second kappa shape index (κ2) is 8.43. The number of aromatic nitrogens is 3. The summed E-state index contributed by atoms with van der Waals surface area (Å²) >= 11 is 1.83. The molecule has 2 heterocycles. The molecule has 0 aliphatic heterocycles. The largest absolute Gasteiger partial charge is 0.464 e. The molecular weight excluding hydrogens is 324 g/mol. The van der Waals surface area contributed by atoms with Gasteiger partial charge in [-0.15, -0.1) is 5.10 Å². The van der Waals surface area contributed by atoms with E-state index in [4.69, 9.17) is 10.2 Å². The highest BCUT2D eigenvalue weighted by atomic mass is 32.2. The van der Waals surface area contributed by atoms with Crippen molar-refractivity contribution in [3.63, 3.8) is 0 Å². The van der Waals surface area contributed by atoms with Crippen molar-refractivity contribution in [1.29, 1.82) is 0 Å². The van der Waals surface area contributed by atoms with Gasteiger partial charge in [-0.3, -0.25) is 0 Å². The summed E-state index contributed by atoms with van der Waals surface area (Å²) in [6.07, 6.45) is 0. The lowest BCUT2D eigenvalue weighted by molar-refractivity contribution is 0.341. The molecule has 0 fully saturated rings. The summed E-state index contributed by atoms with van der Waals surface area (Å²) < 4.78 is 7.70. The highest BCUT2D eigenvalue weighted by molar-refractivity contribution is 7.98. The summed E-state index contributed by atoms with van der Waals surface area (Å²) in [5.74, 6) is 5.41. The first-order chi connectivity index (χ1) is 11.4. The van der Waals surface area contributed by atoms with Gasteiger partial charge in [0.25, 0.3) is 0 Å². The summed E-state index contributed by atoms with van der Waals surface area (Å²) in [4.78, 5) is 6.25. The molecule has 2 aromatic heterocycles. The monoisotopic (exact) mass is 352 g/mol. The van der Waals surface area contributed by atoms with Crippen LogP contribution in [0.3, 0.4) is 0 Å². The topological polar surface area (TPSA) is 85.1 Å². The first kappa shape index (κ1) is 18.7. The summed E-state index contributed by atoms with van der Waals surface area (Å²) in [7, 11) is 5.94. The van der Waals surface area contributed by atoms with Gasteiger partial charge in [0.1, 0.15) is 11.5 Å². The molecule has 0 aliphatic rings. The maximum atomic E-state index is 6.05. The van der Waals surface area contributed by atoms with Crippen molar-refractivity contribution < 1.29 is 4.42 Å². The van der Waals surface area contributed by atoms with Gasteiger partial charge in [0.05, 0.1) is 12.3 Å². The van der Waals surface area contributed by atoms with E-state index in [1.165, 1.54) is 5.56 Å². The standard InChI is InChI=1S/C16H28N6OS/c1-11(2)13-8-12(23-14(13)9-21(3)4)10-24-7-6-18-16-19-15(17)20-22(16)5/h8,11H,6-7,9-10H2,1-5H3,(H3,17,18,19,20). The van der Waals surface area contributed by atoms with Gasteiger partial charge >= 0.3 is 0 Å². The van der Waals surface area contributed by atoms with E-state index in [0.29, 0.717) is 11.9 Å². The van der Waals surface area contributed by atoms with E-state index in [-0.39, 0.29) is 5.95 Å². The van der Waals surface area contributed by atoms with Crippen molar-refractivity contribution in [3.8, 4) is 0 Å². The number of rotatable bonds is 9. The number of nitrogens with two attached hydrogens (primary N) is 1. The molecule has 0 saturated heterocycles. The lowest BCUT2D eigenvalue weighted by Crippen LogP contribution is -2.11. The van der Waals surface area contributed by atoms with Crippen LogP contribution in [0.2, 0.25) is 0 Å². The predicted octanol–water partition coefficient (Wildman–Crippen LogP) is 2.52. The van der Waals surface area contributed by atoms with E-state index in [0.717, 1.165) is 36.1 Å². The Morgan fingerprint density at radius 3 is 2.75 bits per heavy atom. The van der Waals surface area contributed by atoms with Crippen LogP contribution in [0.1, 0.15) is 36.8 Å². The summed E-state index contributed by atoms with van der Waals surface area (Å²) in [6.45, 7) is 6.06. The molecule has 8 heteroatoms. The molecule has 0 bridgehead atoms. The van der Waals surface area contributed by atoms with Crippen molar-refractivity contribution >= 4 is 23.7 Å². The molecule has 3 N–H and O–H groups in total. The molecule has 0 radical (unpaired) electrons. The number of hydrogen-bond acceptors (Lipinski definition) is 7. The highest BCUT2D eigenvalue weighted by Gasteiger charge is 2.14. The molecule has 0 atom stereocenters. The van der Waals surface area contributed by atoms with E-state index in [1.807, 2.05) is 18.8 Å². The fourth-order valence-corrected chi connectivity index (χ4v) is 3.17. The van der Waals surface area contributed by atoms with Crippen LogP contribution in [-0.2, 0) is 19.3 Å². The Balaban J connectivity index is 1.80. The van der Waals surface area contributed by atoms with Crippen LogP contribution in [0.15, 0.2) is 10.5 Å². The third-order valence-electron chi connectivity index (χ3n) is 3.53. The minimum Gasteiger partial charge on any atom is -0.464 e. The number of furan rings is 1. The van der Waals surface area contributed by atoms with Gasteiger partial charge in [-0.05, 0) is 31.6 Å². The van der Waals surface area contributed by atoms with Crippen molar-refractivity contribution in [2.45, 2.75) is 32.1 Å². The number of hydrogen-bond donors (Lipinski definition) is 2. The number of nitrogen functional groups attached to an aromatic ring is 1. The van der Waals surface area contributed by atoms with Gasteiger partial charge in [0.15, 0.2) is 0 Å². The summed E-state index contributed by atoms with van der Waals surface area (Å²) in [5, 5.41) is 7.24. The maximum absolute atomic E-state index is 6.05. The van der Waals surface area contributed by atoms with Gasteiger partial charge < -0.3 is 20.4 Å². The zero-order chi connectivity index (χ0) is 17.7. The Morgan fingerprint density at radius 1 is 1.42 bits per heavy atom. The Hall–Kier alpha value is -1.67. The number of anilines is 2. The van der Waals surface area contributed by atoms with Crippen LogP contribution in [0.5, 0.6) is 0 Å². The molecule has 0 aromatic carbocycles. The SMILES string of the molecule is CC(C)c1cc(CSCCNc2nc(N)nn2C)oc1CN(C)C. The van der Waals surface area contributed by atoms with Crippen LogP contribution in [0.25, 0.3) is 0 Å². The minimum atomic E-state index is 0.290. The zero-order valence-corrected chi connectivity index (χ0v) is 16.0. The third kappa shape index (κ3) is 5.17. The number of thioether (sulfide) groups is 1. The zero-order valence-electron chi connectivity index (χ0n) is 15.2. The molecule has 0 aliphatic carbocycles. The average molecular weight is 353 g/mol. The second-order valence-corrected chi connectivity index (χ2v) is 7.49. The molecule has 0 unspecified atom stereocenters. The van der Waals surface area contributed by atoms with Gasteiger partial charge in [-0.25, -0.2) is 4.68 Å².